The Kier molecular flexibility index (Phi) is 4.20. The Morgan fingerprint density at radius 1 is 1.04 bits per heavy atom. The van der Waals surface area contributed by atoms with E-state index >= 15 is 0 Å². The lowest BCUT2D eigenvalue weighted by Crippen LogP contribution is -2.18. The molecule has 0 aliphatic rings. The maximum atomic E-state index is 13.3. The average Bonchev–Trinajstić information content (AvgIpc) is 3.06. The van der Waals surface area contributed by atoms with E-state index in [1.54, 1.807) is 0 Å². The molecule has 124 valence electrons. The lowest BCUT2D eigenvalue weighted by Gasteiger charge is -2.22. The molecule has 0 spiro atoms. The normalized spacial score (nSPS) is 12.8. The molecule has 4 nitrogen and oxygen atoms in total. The van der Waals surface area contributed by atoms with E-state index in [0.717, 1.165) is 12.1 Å². The number of hydrogen-bond acceptors (Lipinski definition) is 3. The molecule has 0 saturated heterocycles. The van der Waals surface area contributed by atoms with Gasteiger partial charge in [-0.25, -0.2) is 4.98 Å². The number of aromatic amines is 1. The number of halogens is 4. The van der Waals surface area contributed by atoms with E-state index in [4.69, 9.17) is 0 Å². The SMILES string of the molecule is Fc1cccc(NC(c2cn[nH]c2)c2ccccc2C(F)(F)F)n1. The van der Waals surface area contributed by atoms with Crippen molar-refractivity contribution < 1.29 is 17.6 Å². The van der Waals surface area contributed by atoms with Crippen molar-refractivity contribution in [3.63, 3.8) is 0 Å². The van der Waals surface area contributed by atoms with Crippen molar-refractivity contribution in [2.45, 2.75) is 12.2 Å². The van der Waals surface area contributed by atoms with Gasteiger partial charge in [-0.1, -0.05) is 24.3 Å². The minimum absolute atomic E-state index is 0.00235. The molecule has 2 heterocycles. The van der Waals surface area contributed by atoms with Gasteiger partial charge in [0.1, 0.15) is 5.82 Å². The quantitative estimate of drug-likeness (QED) is 0.555. The number of pyridine rings is 1. The number of aromatic nitrogens is 3. The summed E-state index contributed by atoms with van der Waals surface area (Å²) in [5.41, 5.74) is -0.310. The second-order valence-corrected chi connectivity index (χ2v) is 5.04. The molecule has 0 bridgehead atoms. The van der Waals surface area contributed by atoms with Gasteiger partial charge in [-0.05, 0) is 23.8 Å². The molecule has 0 aliphatic heterocycles. The number of alkyl halides is 3. The van der Waals surface area contributed by atoms with E-state index in [0.29, 0.717) is 5.56 Å². The zero-order valence-electron chi connectivity index (χ0n) is 12.2. The van der Waals surface area contributed by atoms with E-state index in [-0.39, 0.29) is 11.4 Å². The molecule has 0 amide bonds. The van der Waals surface area contributed by atoms with Gasteiger partial charge >= 0.3 is 6.18 Å². The Morgan fingerprint density at radius 2 is 1.83 bits per heavy atom. The Labute approximate surface area is 134 Å². The molecule has 0 saturated carbocycles. The summed E-state index contributed by atoms with van der Waals surface area (Å²) < 4.78 is 53.3. The fourth-order valence-corrected chi connectivity index (χ4v) is 2.40. The third-order valence-electron chi connectivity index (χ3n) is 3.44. The van der Waals surface area contributed by atoms with Crippen LogP contribution in [0.1, 0.15) is 22.7 Å². The number of nitrogens with zero attached hydrogens (tertiary/aromatic N) is 2. The highest BCUT2D eigenvalue weighted by Crippen LogP contribution is 2.37. The summed E-state index contributed by atoms with van der Waals surface area (Å²) >= 11 is 0. The van der Waals surface area contributed by atoms with Crippen molar-refractivity contribution in [3.8, 4) is 0 Å². The molecule has 0 fully saturated rings. The van der Waals surface area contributed by atoms with Crippen molar-refractivity contribution in [1.29, 1.82) is 0 Å². The predicted molar refractivity (Wildman–Crippen MR) is 79.7 cm³/mol. The zero-order chi connectivity index (χ0) is 17.2. The van der Waals surface area contributed by atoms with Crippen LogP contribution in [0.15, 0.2) is 54.9 Å². The Morgan fingerprint density at radius 3 is 2.50 bits per heavy atom. The van der Waals surface area contributed by atoms with E-state index in [9.17, 15) is 17.6 Å². The van der Waals surface area contributed by atoms with Gasteiger partial charge < -0.3 is 5.32 Å². The molecule has 8 heteroatoms. The standard InChI is InChI=1S/C16H12F4N4/c17-13-6-3-7-14(23-13)24-15(10-8-21-22-9-10)11-4-1-2-5-12(11)16(18,19)20/h1-9,15H,(H,21,22)(H,23,24). The van der Waals surface area contributed by atoms with E-state index < -0.39 is 23.7 Å². The van der Waals surface area contributed by atoms with Crippen LogP contribution in [0.25, 0.3) is 0 Å². The van der Waals surface area contributed by atoms with Crippen LogP contribution in [-0.2, 0) is 6.18 Å². The minimum atomic E-state index is -4.52. The average molecular weight is 336 g/mol. The number of rotatable bonds is 4. The molecule has 1 atom stereocenters. The predicted octanol–water partition coefficient (Wildman–Crippen LogP) is 4.16. The summed E-state index contributed by atoms with van der Waals surface area (Å²) in [6.45, 7) is 0. The maximum absolute atomic E-state index is 13.3. The Hall–Kier alpha value is -2.90. The van der Waals surface area contributed by atoms with Crippen LogP contribution in [0, 0.1) is 5.95 Å². The first-order valence-corrected chi connectivity index (χ1v) is 6.99. The van der Waals surface area contributed by atoms with Crippen molar-refractivity contribution >= 4 is 5.82 Å². The smallest absolute Gasteiger partial charge is 0.359 e. The number of hydrogen-bond donors (Lipinski definition) is 2. The van der Waals surface area contributed by atoms with E-state index in [1.807, 2.05) is 0 Å². The lowest BCUT2D eigenvalue weighted by molar-refractivity contribution is -0.138. The number of nitrogens with one attached hydrogen (secondary N) is 2. The molecular formula is C16H12F4N4. The molecule has 1 aromatic carbocycles. The lowest BCUT2D eigenvalue weighted by atomic mass is 9.96. The van der Waals surface area contributed by atoms with Gasteiger partial charge in [0, 0.05) is 11.8 Å². The fraction of sp³-hybridized carbons (Fsp3) is 0.125. The van der Waals surface area contributed by atoms with E-state index in [1.165, 1.54) is 42.7 Å². The summed E-state index contributed by atoms with van der Waals surface area (Å²) in [4.78, 5) is 3.65. The van der Waals surface area contributed by atoms with Crippen molar-refractivity contribution in [1.82, 2.24) is 15.2 Å². The van der Waals surface area contributed by atoms with Crippen LogP contribution in [-0.4, -0.2) is 15.2 Å². The monoisotopic (exact) mass is 336 g/mol. The van der Waals surface area contributed by atoms with Crippen molar-refractivity contribution in [2.24, 2.45) is 0 Å². The fourth-order valence-electron chi connectivity index (χ4n) is 2.40. The molecule has 0 radical (unpaired) electrons. The highest BCUT2D eigenvalue weighted by molar-refractivity contribution is 5.46. The van der Waals surface area contributed by atoms with Crippen LogP contribution in [0.5, 0.6) is 0 Å². The third-order valence-corrected chi connectivity index (χ3v) is 3.44. The van der Waals surface area contributed by atoms with Gasteiger partial charge in [-0.3, -0.25) is 5.10 Å². The Balaban J connectivity index is 2.07. The zero-order valence-corrected chi connectivity index (χ0v) is 12.2. The number of H-pyrrole nitrogens is 1. The van der Waals surface area contributed by atoms with E-state index in [2.05, 4.69) is 20.5 Å². The van der Waals surface area contributed by atoms with Gasteiger partial charge in [0.15, 0.2) is 0 Å². The molecule has 1 unspecified atom stereocenters. The summed E-state index contributed by atoms with van der Waals surface area (Å²) in [6.07, 6.45) is -1.64. The highest BCUT2D eigenvalue weighted by atomic mass is 19.4. The first kappa shape index (κ1) is 16.0. The summed E-state index contributed by atoms with van der Waals surface area (Å²) in [5.74, 6) is -0.603. The van der Waals surface area contributed by atoms with Crippen LogP contribution < -0.4 is 5.32 Å². The third kappa shape index (κ3) is 3.37. The van der Waals surface area contributed by atoms with Gasteiger partial charge in [-0.15, -0.1) is 0 Å². The minimum Gasteiger partial charge on any atom is -0.359 e. The first-order valence-electron chi connectivity index (χ1n) is 6.99. The van der Waals surface area contributed by atoms with Crippen LogP contribution in [0.4, 0.5) is 23.4 Å². The first-order chi connectivity index (χ1) is 11.4. The van der Waals surface area contributed by atoms with Gasteiger partial charge in [0.2, 0.25) is 5.95 Å². The molecule has 0 aliphatic carbocycles. The molecular weight excluding hydrogens is 324 g/mol. The Bertz CT molecular complexity index is 815. The summed E-state index contributed by atoms with van der Waals surface area (Å²) in [6, 6.07) is 8.37. The van der Waals surface area contributed by atoms with Crippen LogP contribution >= 0.6 is 0 Å². The largest absolute Gasteiger partial charge is 0.416 e. The maximum Gasteiger partial charge on any atom is 0.416 e. The van der Waals surface area contributed by atoms with Gasteiger partial charge in [0.05, 0.1) is 17.8 Å². The molecule has 24 heavy (non-hydrogen) atoms. The second kappa shape index (κ2) is 6.31. The molecule has 2 aromatic heterocycles. The molecule has 3 aromatic rings. The van der Waals surface area contributed by atoms with Crippen LogP contribution in [0.2, 0.25) is 0 Å². The van der Waals surface area contributed by atoms with Gasteiger partial charge in [0.25, 0.3) is 0 Å². The molecule has 2 N–H and O–H groups in total. The van der Waals surface area contributed by atoms with Gasteiger partial charge in [-0.2, -0.15) is 22.7 Å². The molecule has 3 rings (SSSR count). The summed E-state index contributed by atoms with van der Waals surface area (Å²) in [7, 11) is 0. The highest BCUT2D eigenvalue weighted by Gasteiger charge is 2.35. The number of benzene rings is 1. The number of anilines is 1. The van der Waals surface area contributed by atoms with Crippen molar-refractivity contribution in [3.05, 3.63) is 77.5 Å². The summed E-state index contributed by atoms with van der Waals surface area (Å²) in [5, 5.41) is 9.19. The van der Waals surface area contributed by atoms with Crippen LogP contribution in [0.3, 0.4) is 0 Å². The van der Waals surface area contributed by atoms with Crippen molar-refractivity contribution in [2.75, 3.05) is 5.32 Å². The second-order valence-electron chi connectivity index (χ2n) is 5.04. The topological polar surface area (TPSA) is 53.6 Å².